The summed E-state index contributed by atoms with van der Waals surface area (Å²) >= 11 is 0. The maximum atomic E-state index is 13.7. The SMILES string of the molecule is C[C@H](O)C(O)C(=O)NCC(c1c(O)cc(O)c2c1O[C@H](c1cc(O)c(O)c(O)c1)[C@H](OC(=O)c1cc(O)c(O)c(O)c1)C2)c1c(O)cc(O)c2c1O[C@H](c1cc(O)c(O)c(O)c1)[C@H](OC(=O)c1cc(O)c(O)c(O)c1)C2. The van der Waals surface area contributed by atoms with Gasteiger partial charge in [0.2, 0.25) is 0 Å². The van der Waals surface area contributed by atoms with E-state index in [-0.39, 0.29) is 22.3 Å². The summed E-state index contributed by atoms with van der Waals surface area (Å²) in [5, 5.41) is 193. The van der Waals surface area contributed by atoms with Crippen molar-refractivity contribution in [2.45, 2.75) is 62.3 Å². The molecule has 2 heterocycles. The first-order chi connectivity index (χ1) is 35.7. The van der Waals surface area contributed by atoms with Gasteiger partial charge in [0.1, 0.15) is 46.7 Å². The number of phenols is 16. The van der Waals surface area contributed by atoms with Crippen LogP contribution < -0.4 is 14.8 Å². The lowest BCUT2D eigenvalue weighted by Gasteiger charge is -2.38. The molecule has 0 spiro atoms. The van der Waals surface area contributed by atoms with E-state index in [9.17, 15) is 106 Å². The molecule has 0 bridgehead atoms. The molecule has 2 aliphatic rings. The van der Waals surface area contributed by atoms with Gasteiger partial charge in [-0.05, 0) is 55.5 Å². The molecule has 400 valence electrons. The Morgan fingerprint density at radius 3 is 1.12 bits per heavy atom. The van der Waals surface area contributed by atoms with Crippen molar-refractivity contribution in [3.05, 3.63) is 105 Å². The molecule has 6 aromatic rings. The summed E-state index contributed by atoms with van der Waals surface area (Å²) in [6.07, 6.45) is -12.0. The fraction of sp³-hybridized carbons (Fsp3) is 0.220. The van der Waals surface area contributed by atoms with Crippen LogP contribution in [-0.4, -0.2) is 141 Å². The molecule has 0 saturated heterocycles. The molecular weight excluding hydrogens is 1010 g/mol. The second-order valence-electron chi connectivity index (χ2n) is 17.7. The van der Waals surface area contributed by atoms with Gasteiger partial charge in [-0.1, -0.05) is 0 Å². The smallest absolute Gasteiger partial charge is 0.338 e. The second-order valence-corrected chi connectivity index (χ2v) is 17.7. The quantitative estimate of drug-likeness (QED) is 0.0619. The molecule has 0 saturated carbocycles. The van der Waals surface area contributed by atoms with E-state index >= 15 is 0 Å². The molecule has 6 aromatic carbocycles. The summed E-state index contributed by atoms with van der Waals surface area (Å²) in [6.45, 7) is 0.207. The van der Waals surface area contributed by atoms with Crippen molar-refractivity contribution in [2.75, 3.05) is 6.54 Å². The van der Waals surface area contributed by atoms with Gasteiger partial charge in [0.05, 0.1) is 17.2 Å². The Hall–Kier alpha value is -9.95. The van der Waals surface area contributed by atoms with E-state index in [1.165, 1.54) is 0 Å². The zero-order valence-electron chi connectivity index (χ0n) is 38.8. The molecule has 19 N–H and O–H groups in total. The third-order valence-corrected chi connectivity index (χ3v) is 12.6. The summed E-state index contributed by atoms with van der Waals surface area (Å²) in [6, 6.07) is 7.90. The number of hydrogen-bond acceptors (Lipinski definition) is 25. The molecule has 26 nitrogen and oxygen atoms in total. The molecule has 0 aromatic heterocycles. The number of aliphatic hydroxyl groups excluding tert-OH is 2. The summed E-state index contributed by atoms with van der Waals surface area (Å²) < 4.78 is 24.3. The first-order valence-corrected chi connectivity index (χ1v) is 22.3. The molecule has 6 atom stereocenters. The Morgan fingerprint density at radius 1 is 0.487 bits per heavy atom. The Balaban J connectivity index is 1.32. The summed E-state index contributed by atoms with van der Waals surface area (Å²) in [5.74, 6) is -21.6. The number of ether oxygens (including phenoxy) is 4. The number of carbonyl (C=O) groups excluding carboxylic acids is 3. The average Bonchev–Trinajstić information content (AvgIpc) is 3.36. The standard InChI is InChI=1S/C50H45NO25/c1-15(52)39(65)48(70)51-14-22(37-25(55)12-23(53)20-10-35(73-49(71)18-6-31(61)42(68)32(62)7-18)44(75-46(20)37)16-2-27(57)40(66)28(58)3-16)38-26(56)13-24(54)21-11-36(74-50(72)19-8-33(63)43(69)34(64)9-19)45(76-47(21)38)17-4-29(59)41(67)30(60)5-17/h2-9,12-13,15,22,35-36,39,44-45,52-69H,10-11,14H2,1H3,(H,51,70)/t15-,35+,36+,39?,44+,45+/m0/s1. The third-order valence-electron chi connectivity index (χ3n) is 12.6. The van der Waals surface area contributed by atoms with E-state index in [0.717, 1.165) is 67.6 Å². The number of rotatable bonds is 12. The zero-order valence-corrected chi connectivity index (χ0v) is 38.8. The fourth-order valence-electron chi connectivity index (χ4n) is 8.82. The number of benzene rings is 6. The van der Waals surface area contributed by atoms with Gasteiger partial charge in [-0.2, -0.15) is 0 Å². The molecule has 1 amide bonds. The maximum Gasteiger partial charge on any atom is 0.338 e. The highest BCUT2D eigenvalue weighted by atomic mass is 16.6. The normalized spacial score (nSPS) is 17.5. The Kier molecular flexibility index (Phi) is 13.7. The lowest BCUT2D eigenvalue weighted by Crippen LogP contribution is -2.43. The number of hydrogen-bond donors (Lipinski definition) is 19. The summed E-state index contributed by atoms with van der Waals surface area (Å²) in [4.78, 5) is 40.7. The van der Waals surface area contributed by atoms with Crippen LogP contribution in [0.15, 0.2) is 60.7 Å². The molecule has 76 heavy (non-hydrogen) atoms. The van der Waals surface area contributed by atoms with Crippen molar-refractivity contribution in [1.29, 1.82) is 0 Å². The second kappa shape index (κ2) is 19.8. The molecule has 0 radical (unpaired) electrons. The van der Waals surface area contributed by atoms with Gasteiger partial charge in [-0.25, -0.2) is 9.59 Å². The van der Waals surface area contributed by atoms with Crippen LogP contribution >= 0.6 is 0 Å². The Labute approximate surface area is 425 Å². The van der Waals surface area contributed by atoms with Gasteiger partial charge in [0, 0.05) is 70.8 Å². The average molecular weight is 1060 g/mol. The molecule has 0 aliphatic carbocycles. The maximum absolute atomic E-state index is 13.7. The van der Waals surface area contributed by atoms with Crippen molar-refractivity contribution in [3.63, 3.8) is 0 Å². The van der Waals surface area contributed by atoms with Crippen molar-refractivity contribution in [2.24, 2.45) is 0 Å². The van der Waals surface area contributed by atoms with Crippen LogP contribution in [0, 0.1) is 0 Å². The molecular formula is C50H45NO25. The Bertz CT molecular complexity index is 3060. The molecule has 26 heteroatoms. The number of carbonyl (C=O) groups is 3. The number of aromatic hydroxyl groups is 16. The predicted octanol–water partition coefficient (Wildman–Crippen LogP) is 2.77. The number of aliphatic hydroxyl groups is 2. The highest BCUT2D eigenvalue weighted by Crippen LogP contribution is 2.56. The van der Waals surface area contributed by atoms with Gasteiger partial charge in [-0.3, -0.25) is 4.79 Å². The highest BCUT2D eigenvalue weighted by molar-refractivity contribution is 5.92. The summed E-state index contributed by atoms with van der Waals surface area (Å²) in [5.41, 5.74) is -3.27. The van der Waals surface area contributed by atoms with Crippen molar-refractivity contribution < 1.29 is 125 Å². The minimum absolute atomic E-state index is 0.277. The van der Waals surface area contributed by atoms with Crippen LogP contribution in [0.3, 0.4) is 0 Å². The van der Waals surface area contributed by atoms with Crippen molar-refractivity contribution in [3.8, 4) is 103 Å². The van der Waals surface area contributed by atoms with E-state index < -0.39 is 206 Å². The largest absolute Gasteiger partial charge is 0.507 e. The van der Waals surface area contributed by atoms with Gasteiger partial charge in [0.15, 0.2) is 87.3 Å². The van der Waals surface area contributed by atoms with Crippen LogP contribution in [0.2, 0.25) is 0 Å². The monoisotopic (exact) mass is 1060 g/mol. The lowest BCUT2D eigenvalue weighted by molar-refractivity contribution is -0.134. The Morgan fingerprint density at radius 2 is 0.803 bits per heavy atom. The molecule has 1 unspecified atom stereocenters. The number of esters is 2. The molecule has 8 rings (SSSR count). The van der Waals surface area contributed by atoms with E-state index in [4.69, 9.17) is 18.9 Å². The molecule has 0 fully saturated rings. The van der Waals surface area contributed by atoms with Crippen LogP contribution in [0.25, 0.3) is 0 Å². The van der Waals surface area contributed by atoms with Crippen molar-refractivity contribution in [1.82, 2.24) is 5.32 Å². The van der Waals surface area contributed by atoms with Crippen LogP contribution in [0.5, 0.6) is 103 Å². The zero-order chi connectivity index (χ0) is 55.5. The van der Waals surface area contributed by atoms with E-state index in [2.05, 4.69) is 5.32 Å². The number of nitrogens with one attached hydrogen (secondary N) is 1. The number of amides is 1. The summed E-state index contributed by atoms with van der Waals surface area (Å²) in [7, 11) is 0. The lowest BCUT2D eigenvalue weighted by atomic mass is 9.82. The predicted molar refractivity (Wildman–Crippen MR) is 250 cm³/mol. The van der Waals surface area contributed by atoms with Gasteiger partial charge >= 0.3 is 11.9 Å². The van der Waals surface area contributed by atoms with E-state index in [1.54, 1.807) is 0 Å². The van der Waals surface area contributed by atoms with Crippen LogP contribution in [0.1, 0.15) is 79.1 Å². The van der Waals surface area contributed by atoms with E-state index in [0.29, 0.717) is 0 Å². The van der Waals surface area contributed by atoms with E-state index in [1.807, 2.05) is 0 Å². The number of fused-ring (bicyclic) bond motifs is 2. The first-order valence-electron chi connectivity index (χ1n) is 22.3. The van der Waals surface area contributed by atoms with Crippen LogP contribution in [-0.2, 0) is 27.1 Å². The fourth-order valence-corrected chi connectivity index (χ4v) is 8.82. The highest BCUT2D eigenvalue weighted by Gasteiger charge is 2.45. The van der Waals surface area contributed by atoms with Crippen LogP contribution in [0.4, 0.5) is 0 Å². The van der Waals surface area contributed by atoms with Gasteiger partial charge < -0.3 is 116 Å². The number of phenolic OH excluding ortho intramolecular Hbond substituents is 16. The molecule has 2 aliphatic heterocycles. The first kappa shape index (κ1) is 52.4. The minimum Gasteiger partial charge on any atom is -0.507 e. The topological polar surface area (TPSA) is 464 Å². The third kappa shape index (κ3) is 9.58. The van der Waals surface area contributed by atoms with Gasteiger partial charge in [0.25, 0.3) is 5.91 Å². The van der Waals surface area contributed by atoms with Gasteiger partial charge in [-0.15, -0.1) is 0 Å². The van der Waals surface area contributed by atoms with Crippen molar-refractivity contribution >= 4 is 17.8 Å². The minimum atomic E-state index is -2.11.